The molecule has 0 radical (unpaired) electrons. The number of amides is 1. The van der Waals surface area contributed by atoms with Gasteiger partial charge in [0, 0.05) is 23.5 Å². The third-order valence-electron chi connectivity index (χ3n) is 5.25. The number of nitrogens with one attached hydrogen (secondary N) is 1. The highest BCUT2D eigenvalue weighted by atomic mass is 79.9. The van der Waals surface area contributed by atoms with E-state index in [9.17, 15) is 19.5 Å². The van der Waals surface area contributed by atoms with Crippen molar-refractivity contribution in [2.45, 2.75) is 37.6 Å². The number of carbonyl (C=O) groups excluding carboxylic acids is 3. The van der Waals surface area contributed by atoms with E-state index in [1.807, 2.05) is 42.5 Å². The van der Waals surface area contributed by atoms with Gasteiger partial charge in [0.2, 0.25) is 0 Å². The van der Waals surface area contributed by atoms with E-state index in [4.69, 9.17) is 9.47 Å². The molecule has 170 valence electrons. The normalized spacial score (nSPS) is 19.7. The molecule has 0 spiro atoms. The molecule has 9 heteroatoms. The first-order valence-electron chi connectivity index (χ1n) is 10.1. The summed E-state index contributed by atoms with van der Waals surface area (Å²) >= 11 is 3.39. The molecule has 0 bridgehead atoms. The summed E-state index contributed by atoms with van der Waals surface area (Å²) in [7, 11) is 1.22. The average molecular weight is 505 g/mol. The number of esters is 2. The van der Waals surface area contributed by atoms with Crippen LogP contribution in [0.2, 0.25) is 0 Å². The molecule has 32 heavy (non-hydrogen) atoms. The lowest BCUT2D eigenvalue weighted by atomic mass is 9.99. The summed E-state index contributed by atoms with van der Waals surface area (Å²) in [6.07, 6.45) is -2.05. The van der Waals surface area contributed by atoms with E-state index >= 15 is 0 Å². The second kappa shape index (κ2) is 10.6. The Hall–Kier alpha value is -2.91. The van der Waals surface area contributed by atoms with E-state index in [2.05, 4.69) is 21.2 Å². The van der Waals surface area contributed by atoms with Crippen LogP contribution in [0.15, 0.2) is 59.1 Å². The second-order valence-corrected chi connectivity index (χ2v) is 8.40. The number of likely N-dealkylation sites (tertiary alicyclic amines) is 1. The number of hydrogen-bond donors (Lipinski definition) is 2. The summed E-state index contributed by atoms with van der Waals surface area (Å²) in [4.78, 5) is 38.2. The Labute approximate surface area is 194 Å². The number of nitrogens with zero attached hydrogens (tertiary/aromatic N) is 1. The monoisotopic (exact) mass is 504 g/mol. The molecule has 4 atom stereocenters. The van der Waals surface area contributed by atoms with Gasteiger partial charge < -0.3 is 24.8 Å². The maximum atomic E-state index is 13.3. The van der Waals surface area contributed by atoms with E-state index in [1.165, 1.54) is 18.9 Å². The number of methoxy groups -OCH3 is 1. The number of halogens is 1. The molecule has 1 heterocycles. The Bertz CT molecular complexity index is 953. The van der Waals surface area contributed by atoms with Gasteiger partial charge in [0.05, 0.1) is 19.7 Å². The largest absolute Gasteiger partial charge is 0.467 e. The zero-order chi connectivity index (χ0) is 23.3. The summed E-state index contributed by atoms with van der Waals surface area (Å²) in [5, 5.41) is 14.3. The van der Waals surface area contributed by atoms with Gasteiger partial charge in [0.15, 0.2) is 6.10 Å². The summed E-state index contributed by atoms with van der Waals surface area (Å²) in [6, 6.07) is 14.7. The minimum absolute atomic E-state index is 0.00493. The Morgan fingerprint density at radius 2 is 1.78 bits per heavy atom. The van der Waals surface area contributed by atoms with Crippen molar-refractivity contribution in [1.82, 2.24) is 4.90 Å². The highest BCUT2D eigenvalue weighted by Crippen LogP contribution is 2.28. The fourth-order valence-electron chi connectivity index (χ4n) is 3.76. The van der Waals surface area contributed by atoms with Gasteiger partial charge in [0.1, 0.15) is 12.1 Å². The summed E-state index contributed by atoms with van der Waals surface area (Å²) < 4.78 is 10.9. The number of hydrogen-bond acceptors (Lipinski definition) is 7. The Balaban J connectivity index is 1.87. The lowest BCUT2D eigenvalue weighted by Crippen LogP contribution is -2.48. The van der Waals surface area contributed by atoms with Gasteiger partial charge in [-0.1, -0.05) is 46.3 Å². The quantitative estimate of drug-likeness (QED) is 0.558. The van der Waals surface area contributed by atoms with E-state index < -0.39 is 42.1 Å². The van der Waals surface area contributed by atoms with Crippen molar-refractivity contribution < 1.29 is 29.0 Å². The fourth-order valence-corrected chi connectivity index (χ4v) is 4.03. The molecule has 1 aliphatic rings. The van der Waals surface area contributed by atoms with Gasteiger partial charge in [-0.15, -0.1) is 0 Å². The molecule has 2 N–H and O–H groups in total. The first-order valence-corrected chi connectivity index (χ1v) is 10.9. The van der Waals surface area contributed by atoms with Crippen molar-refractivity contribution in [3.8, 4) is 0 Å². The van der Waals surface area contributed by atoms with Crippen LogP contribution >= 0.6 is 15.9 Å². The van der Waals surface area contributed by atoms with Crippen LogP contribution in [0.3, 0.4) is 0 Å². The van der Waals surface area contributed by atoms with E-state index in [0.29, 0.717) is 11.3 Å². The molecular weight excluding hydrogens is 480 g/mol. The minimum Gasteiger partial charge on any atom is -0.467 e. The van der Waals surface area contributed by atoms with Gasteiger partial charge in [-0.25, -0.2) is 4.79 Å². The fraction of sp³-hybridized carbons (Fsp3) is 0.348. The topological polar surface area (TPSA) is 105 Å². The van der Waals surface area contributed by atoms with Crippen LogP contribution in [0, 0.1) is 0 Å². The van der Waals surface area contributed by atoms with Crippen molar-refractivity contribution in [1.29, 1.82) is 0 Å². The second-order valence-electron chi connectivity index (χ2n) is 7.48. The van der Waals surface area contributed by atoms with Crippen molar-refractivity contribution in [2.24, 2.45) is 0 Å². The summed E-state index contributed by atoms with van der Waals surface area (Å²) in [6.45, 7) is 1.26. The molecule has 2 aromatic rings. The van der Waals surface area contributed by atoms with E-state index in [-0.39, 0.29) is 13.0 Å². The number of anilines is 1. The number of rotatable bonds is 7. The Morgan fingerprint density at radius 1 is 1.12 bits per heavy atom. The lowest BCUT2D eigenvalue weighted by Gasteiger charge is -2.30. The van der Waals surface area contributed by atoms with Crippen LogP contribution in [-0.4, -0.2) is 59.8 Å². The van der Waals surface area contributed by atoms with Gasteiger partial charge in [-0.3, -0.25) is 9.59 Å². The van der Waals surface area contributed by atoms with E-state index in [0.717, 1.165) is 4.47 Å². The molecular formula is C23H25BrN2O6. The number of ether oxygens (including phenoxy) is 2. The van der Waals surface area contributed by atoms with Crippen molar-refractivity contribution in [2.75, 3.05) is 19.0 Å². The molecule has 1 aliphatic heterocycles. The molecule has 8 nitrogen and oxygen atoms in total. The van der Waals surface area contributed by atoms with Gasteiger partial charge >= 0.3 is 11.9 Å². The first-order chi connectivity index (χ1) is 15.3. The van der Waals surface area contributed by atoms with Crippen molar-refractivity contribution >= 4 is 39.5 Å². The van der Waals surface area contributed by atoms with Crippen LogP contribution < -0.4 is 5.32 Å². The smallest absolute Gasteiger partial charge is 0.328 e. The maximum absolute atomic E-state index is 13.3. The van der Waals surface area contributed by atoms with Gasteiger partial charge in [-0.2, -0.15) is 0 Å². The van der Waals surface area contributed by atoms with Crippen LogP contribution in [0.5, 0.6) is 0 Å². The highest BCUT2D eigenvalue weighted by molar-refractivity contribution is 9.10. The average Bonchev–Trinajstić information content (AvgIpc) is 3.20. The Morgan fingerprint density at radius 3 is 2.38 bits per heavy atom. The first kappa shape index (κ1) is 23.7. The highest BCUT2D eigenvalue weighted by Gasteiger charge is 2.45. The number of aliphatic hydroxyl groups is 1. The predicted octanol–water partition coefficient (Wildman–Crippen LogP) is 2.67. The van der Waals surface area contributed by atoms with Gasteiger partial charge in [-0.05, 0) is 29.8 Å². The SMILES string of the molecule is COC(=O)[C@@H]1C[C@H](OC(C)=O)CN1C(=O)[C@H](O)[C@@H](Nc1ccc(Br)cc1)c1ccccc1. The third-order valence-corrected chi connectivity index (χ3v) is 5.77. The summed E-state index contributed by atoms with van der Waals surface area (Å²) in [5.41, 5.74) is 1.40. The molecule has 3 rings (SSSR count). The molecule has 0 aromatic heterocycles. The number of carbonyl (C=O) groups is 3. The van der Waals surface area contributed by atoms with Crippen LogP contribution in [0.25, 0.3) is 0 Å². The number of aliphatic hydroxyl groups excluding tert-OH is 1. The van der Waals surface area contributed by atoms with E-state index in [1.54, 1.807) is 12.1 Å². The summed E-state index contributed by atoms with van der Waals surface area (Å²) in [5.74, 6) is -1.79. The maximum Gasteiger partial charge on any atom is 0.328 e. The Kier molecular flexibility index (Phi) is 7.87. The molecule has 1 fully saturated rings. The molecule has 2 aromatic carbocycles. The van der Waals surface area contributed by atoms with Crippen LogP contribution in [0.1, 0.15) is 24.9 Å². The zero-order valence-corrected chi connectivity index (χ0v) is 19.3. The van der Waals surface area contributed by atoms with Crippen LogP contribution in [0.4, 0.5) is 5.69 Å². The zero-order valence-electron chi connectivity index (χ0n) is 17.7. The molecule has 1 amide bonds. The lowest BCUT2D eigenvalue weighted by molar-refractivity contribution is -0.154. The predicted molar refractivity (Wildman–Crippen MR) is 121 cm³/mol. The van der Waals surface area contributed by atoms with Crippen molar-refractivity contribution in [3.63, 3.8) is 0 Å². The molecule has 1 saturated heterocycles. The molecule has 0 aliphatic carbocycles. The van der Waals surface area contributed by atoms with Gasteiger partial charge in [0.25, 0.3) is 5.91 Å². The third kappa shape index (κ3) is 5.66. The molecule has 0 unspecified atom stereocenters. The standard InChI is InChI=1S/C23H25BrN2O6/c1-14(27)32-18-12-19(23(30)31-2)26(13-18)22(29)21(28)20(15-6-4-3-5-7-15)25-17-10-8-16(24)9-11-17/h3-11,18-21,25,28H,12-13H2,1-2H3/t18-,19-,20-,21+/m0/s1. The number of benzene rings is 2. The van der Waals surface area contributed by atoms with Crippen LogP contribution in [-0.2, 0) is 23.9 Å². The molecule has 0 saturated carbocycles. The minimum atomic E-state index is -1.51. The van der Waals surface area contributed by atoms with Crippen molar-refractivity contribution in [3.05, 3.63) is 64.6 Å².